The number of thioether (sulfide) groups is 1. The minimum Gasteiger partial charge on any atom is -0.497 e. The summed E-state index contributed by atoms with van der Waals surface area (Å²) >= 11 is 1.41. The minimum atomic E-state index is -0.718. The van der Waals surface area contributed by atoms with E-state index in [0.717, 1.165) is 16.9 Å². The van der Waals surface area contributed by atoms with E-state index < -0.39 is 6.23 Å². The lowest BCUT2D eigenvalue weighted by molar-refractivity contribution is -0.118. The Morgan fingerprint density at radius 3 is 2.70 bits per heavy atom. The van der Waals surface area contributed by atoms with Crippen molar-refractivity contribution in [2.45, 2.75) is 18.3 Å². The Labute approximate surface area is 178 Å². The summed E-state index contributed by atoms with van der Waals surface area (Å²) in [6.45, 7) is 5.23. The second-order valence-corrected chi connectivity index (χ2v) is 7.48. The summed E-state index contributed by atoms with van der Waals surface area (Å²) in [5.41, 5.74) is 2.70. The average molecular weight is 420 g/mol. The van der Waals surface area contributed by atoms with Crippen LogP contribution in [-0.2, 0) is 4.79 Å². The Balaban J connectivity index is 1.88. The minimum absolute atomic E-state index is 0.162. The molecule has 0 radical (unpaired) electrons. The summed E-state index contributed by atoms with van der Waals surface area (Å²) in [6, 6.07) is 14.9. The van der Waals surface area contributed by atoms with Gasteiger partial charge in [0.15, 0.2) is 5.69 Å². The van der Waals surface area contributed by atoms with E-state index in [1.54, 1.807) is 18.1 Å². The molecule has 2 aromatic carbocycles. The average Bonchev–Trinajstić information content (AvgIpc) is 2.92. The number of hydrogen-bond acceptors (Lipinski definition) is 7. The number of rotatable bonds is 5. The second-order valence-electron chi connectivity index (χ2n) is 6.50. The monoisotopic (exact) mass is 420 g/mol. The van der Waals surface area contributed by atoms with Crippen LogP contribution in [0.5, 0.6) is 11.6 Å². The number of para-hydroxylation sites is 1. The molecule has 3 aromatic rings. The molecule has 1 atom stereocenters. The summed E-state index contributed by atoms with van der Waals surface area (Å²) in [7, 11) is 1.61. The van der Waals surface area contributed by atoms with Crippen molar-refractivity contribution in [2.75, 3.05) is 17.8 Å². The number of nitrogens with zero attached hydrogens (tertiary/aromatic N) is 4. The van der Waals surface area contributed by atoms with Crippen LogP contribution in [0.1, 0.15) is 18.7 Å². The van der Waals surface area contributed by atoms with E-state index in [4.69, 9.17) is 9.47 Å². The smallest absolute Gasteiger partial charge is 0.247 e. The Morgan fingerprint density at radius 2 is 2.00 bits per heavy atom. The third-order valence-electron chi connectivity index (χ3n) is 4.58. The highest BCUT2D eigenvalue weighted by atomic mass is 32.2. The first-order valence-electron chi connectivity index (χ1n) is 9.30. The first-order valence-corrected chi connectivity index (χ1v) is 10.3. The molecule has 0 saturated carbocycles. The topological polar surface area (TPSA) is 77.4 Å². The van der Waals surface area contributed by atoms with Crippen LogP contribution in [0, 0.1) is 0 Å². The summed E-state index contributed by atoms with van der Waals surface area (Å²) in [5, 5.41) is 9.07. The highest BCUT2D eigenvalue weighted by molar-refractivity contribution is 7.99. The molecular formula is C22H20N4O3S. The van der Waals surface area contributed by atoms with E-state index in [9.17, 15) is 4.79 Å². The molecule has 0 aliphatic carbocycles. The van der Waals surface area contributed by atoms with Crippen LogP contribution in [0.2, 0.25) is 0 Å². The quantitative estimate of drug-likeness (QED) is 0.451. The van der Waals surface area contributed by atoms with Crippen molar-refractivity contribution >= 4 is 23.4 Å². The molecular weight excluding hydrogens is 400 g/mol. The molecule has 1 aliphatic heterocycles. The van der Waals surface area contributed by atoms with Gasteiger partial charge in [-0.05, 0) is 30.3 Å². The van der Waals surface area contributed by atoms with Crippen molar-refractivity contribution in [2.24, 2.45) is 0 Å². The number of anilines is 1. The predicted molar refractivity (Wildman–Crippen MR) is 116 cm³/mol. The lowest BCUT2D eigenvalue weighted by atomic mass is 10.1. The van der Waals surface area contributed by atoms with Gasteiger partial charge in [0.2, 0.25) is 23.2 Å². The Morgan fingerprint density at radius 1 is 1.23 bits per heavy atom. The fraction of sp³-hybridized carbons (Fsp3) is 0.182. The first kappa shape index (κ1) is 19.9. The number of ether oxygens (including phenoxy) is 2. The van der Waals surface area contributed by atoms with Crippen LogP contribution in [0.4, 0.5) is 5.69 Å². The third-order valence-corrected chi connectivity index (χ3v) is 5.42. The van der Waals surface area contributed by atoms with Crippen LogP contribution in [0.3, 0.4) is 0 Å². The van der Waals surface area contributed by atoms with E-state index in [-0.39, 0.29) is 5.91 Å². The number of methoxy groups -OCH3 is 1. The van der Waals surface area contributed by atoms with E-state index in [1.807, 2.05) is 48.5 Å². The van der Waals surface area contributed by atoms with E-state index in [2.05, 4.69) is 21.8 Å². The molecule has 0 spiro atoms. The van der Waals surface area contributed by atoms with Crippen LogP contribution < -0.4 is 14.4 Å². The number of amides is 1. The van der Waals surface area contributed by atoms with Gasteiger partial charge in [0.25, 0.3) is 0 Å². The highest BCUT2D eigenvalue weighted by Gasteiger charge is 2.34. The lowest BCUT2D eigenvalue weighted by Crippen LogP contribution is -2.36. The second kappa shape index (κ2) is 8.54. The first-order chi connectivity index (χ1) is 14.6. The predicted octanol–water partition coefficient (Wildman–Crippen LogP) is 4.27. The number of aromatic nitrogens is 3. The summed E-state index contributed by atoms with van der Waals surface area (Å²) in [5.74, 6) is 1.53. The number of hydrogen-bond donors (Lipinski definition) is 0. The molecule has 0 saturated heterocycles. The van der Waals surface area contributed by atoms with Crippen molar-refractivity contribution in [3.8, 4) is 22.9 Å². The molecule has 1 aromatic heterocycles. The SMILES string of the molecule is C=CCSc1nnc2c(n1)O[C@@H](c1ccc(OC)cc1)N(C(C)=O)c1ccccc1-2. The van der Waals surface area contributed by atoms with Crippen LogP contribution in [0.15, 0.2) is 66.3 Å². The number of benzene rings is 2. The molecule has 0 N–H and O–H groups in total. The van der Waals surface area contributed by atoms with E-state index >= 15 is 0 Å². The Kier molecular flexibility index (Phi) is 5.67. The Hall–Kier alpha value is -3.39. The largest absolute Gasteiger partial charge is 0.497 e. The van der Waals surface area contributed by atoms with Crippen LogP contribution in [-0.4, -0.2) is 34.0 Å². The van der Waals surface area contributed by atoms with Gasteiger partial charge in [0, 0.05) is 23.8 Å². The number of carbonyl (C=O) groups is 1. The van der Waals surface area contributed by atoms with Crippen molar-refractivity contribution < 1.29 is 14.3 Å². The lowest BCUT2D eigenvalue weighted by Gasteiger charge is -2.29. The van der Waals surface area contributed by atoms with Gasteiger partial charge in [-0.25, -0.2) is 0 Å². The Bertz CT molecular complexity index is 1090. The maximum atomic E-state index is 12.7. The van der Waals surface area contributed by atoms with Crippen LogP contribution >= 0.6 is 11.8 Å². The van der Waals surface area contributed by atoms with E-state index in [0.29, 0.717) is 28.2 Å². The standard InChI is InChI=1S/C22H20N4O3S/c1-4-13-30-22-23-20-19(24-25-22)17-7-5-6-8-18(17)26(14(2)27)21(29-20)15-9-11-16(28-3)12-10-15/h4-12,21H,1,13H2,2-3H3/t21-/m0/s1. The van der Waals surface area contributed by atoms with Crippen molar-refractivity contribution in [3.63, 3.8) is 0 Å². The fourth-order valence-corrected chi connectivity index (χ4v) is 3.75. The molecule has 0 bridgehead atoms. The van der Waals surface area contributed by atoms with Gasteiger partial charge in [-0.1, -0.05) is 36.0 Å². The molecule has 1 aliphatic rings. The van der Waals surface area contributed by atoms with Gasteiger partial charge >= 0.3 is 0 Å². The van der Waals surface area contributed by atoms with Crippen LogP contribution in [0.25, 0.3) is 11.3 Å². The van der Waals surface area contributed by atoms with Gasteiger partial charge in [0.1, 0.15) is 5.75 Å². The molecule has 2 heterocycles. The molecule has 152 valence electrons. The molecule has 8 heteroatoms. The van der Waals surface area contributed by atoms with Gasteiger partial charge < -0.3 is 9.47 Å². The summed E-state index contributed by atoms with van der Waals surface area (Å²) < 4.78 is 11.6. The number of carbonyl (C=O) groups excluding carboxylic acids is 1. The molecule has 0 unspecified atom stereocenters. The van der Waals surface area contributed by atoms with Crippen molar-refractivity contribution in [3.05, 3.63) is 66.7 Å². The van der Waals surface area contributed by atoms with Gasteiger partial charge in [-0.2, -0.15) is 4.98 Å². The maximum absolute atomic E-state index is 12.7. The normalized spacial score (nSPS) is 14.7. The zero-order chi connectivity index (χ0) is 21.1. The van der Waals surface area contributed by atoms with E-state index in [1.165, 1.54) is 18.7 Å². The van der Waals surface area contributed by atoms with Gasteiger partial charge in [-0.15, -0.1) is 16.8 Å². The molecule has 0 fully saturated rings. The molecule has 1 amide bonds. The van der Waals surface area contributed by atoms with Gasteiger partial charge in [-0.3, -0.25) is 9.69 Å². The zero-order valence-electron chi connectivity index (χ0n) is 16.6. The highest BCUT2D eigenvalue weighted by Crippen LogP contribution is 2.43. The number of fused-ring (bicyclic) bond motifs is 3. The zero-order valence-corrected chi connectivity index (χ0v) is 17.4. The molecule has 4 rings (SSSR count). The summed E-state index contributed by atoms with van der Waals surface area (Å²) in [4.78, 5) is 18.9. The van der Waals surface area contributed by atoms with Crippen molar-refractivity contribution in [1.29, 1.82) is 0 Å². The third kappa shape index (κ3) is 3.73. The van der Waals surface area contributed by atoms with Crippen molar-refractivity contribution in [1.82, 2.24) is 15.2 Å². The fourth-order valence-electron chi connectivity index (χ4n) is 3.23. The maximum Gasteiger partial charge on any atom is 0.247 e. The summed E-state index contributed by atoms with van der Waals surface area (Å²) in [6.07, 6.45) is 1.05. The van der Waals surface area contributed by atoms with Gasteiger partial charge in [0.05, 0.1) is 12.8 Å². The molecule has 30 heavy (non-hydrogen) atoms. The molecule has 7 nitrogen and oxygen atoms in total.